The molecule has 1 aliphatic heterocycles. The molecule has 0 bridgehead atoms. The van der Waals surface area contributed by atoms with Gasteiger partial charge in [0.05, 0.1) is 5.76 Å². The first kappa shape index (κ1) is 19.9. The molecule has 0 aromatic heterocycles. The second kappa shape index (κ2) is 10.6. The molecule has 1 aliphatic rings. The fourth-order valence-electron chi connectivity index (χ4n) is 3.82. The molecule has 23 heavy (non-hydrogen) atoms. The Kier molecular flexibility index (Phi) is 9.15. The molecule has 1 heteroatoms. The van der Waals surface area contributed by atoms with Gasteiger partial charge in [-0.2, -0.15) is 0 Å². The standard InChI is InChI=1S/C22H36O/c1-6-9-10-11-12-21-17-20(14-13-19(4)5)18-22(23-21,15-7-2)16-8-3/h1,9-10,12,19-20H,7-8,11,13-18H2,2-5H3/b10-9-,21-12+. The number of hydrogen-bond acceptors (Lipinski definition) is 1. The molecule has 1 rings (SSSR count). The van der Waals surface area contributed by atoms with Crippen LogP contribution in [0.4, 0.5) is 0 Å². The van der Waals surface area contributed by atoms with Crippen molar-refractivity contribution >= 4 is 0 Å². The van der Waals surface area contributed by atoms with Gasteiger partial charge < -0.3 is 4.74 Å². The molecule has 1 unspecified atom stereocenters. The summed E-state index contributed by atoms with van der Waals surface area (Å²) < 4.78 is 6.55. The number of ether oxygens (including phenoxy) is 1. The Bertz CT molecular complexity index is 416. The zero-order valence-electron chi connectivity index (χ0n) is 15.7. The van der Waals surface area contributed by atoms with Crippen LogP contribution >= 0.6 is 0 Å². The van der Waals surface area contributed by atoms with Crippen molar-refractivity contribution in [2.24, 2.45) is 11.8 Å². The minimum atomic E-state index is 0.0745. The minimum absolute atomic E-state index is 0.0745. The maximum atomic E-state index is 6.55. The highest BCUT2D eigenvalue weighted by Crippen LogP contribution is 2.43. The van der Waals surface area contributed by atoms with Gasteiger partial charge in [0.1, 0.15) is 5.60 Å². The van der Waals surface area contributed by atoms with Gasteiger partial charge in [-0.1, -0.05) is 59.0 Å². The summed E-state index contributed by atoms with van der Waals surface area (Å²) in [5, 5.41) is 0. The van der Waals surface area contributed by atoms with Crippen LogP contribution in [-0.4, -0.2) is 5.60 Å². The lowest BCUT2D eigenvalue weighted by Gasteiger charge is -2.43. The van der Waals surface area contributed by atoms with Gasteiger partial charge in [-0.05, 0) is 56.1 Å². The summed E-state index contributed by atoms with van der Waals surface area (Å²) in [6, 6.07) is 0. The third kappa shape index (κ3) is 7.30. The second-order valence-corrected chi connectivity index (χ2v) is 7.51. The van der Waals surface area contributed by atoms with Crippen molar-refractivity contribution in [1.29, 1.82) is 0 Å². The van der Waals surface area contributed by atoms with Crippen LogP contribution in [0.1, 0.15) is 85.5 Å². The van der Waals surface area contributed by atoms with Crippen LogP contribution in [0.5, 0.6) is 0 Å². The van der Waals surface area contributed by atoms with Gasteiger partial charge in [-0.25, -0.2) is 0 Å². The molecule has 0 amide bonds. The molecular formula is C22H36O. The van der Waals surface area contributed by atoms with Gasteiger partial charge in [-0.3, -0.25) is 0 Å². The number of terminal acetylenes is 1. The molecule has 0 spiro atoms. The molecule has 0 aromatic carbocycles. The lowest BCUT2D eigenvalue weighted by atomic mass is 9.77. The van der Waals surface area contributed by atoms with Crippen molar-refractivity contribution < 1.29 is 4.74 Å². The van der Waals surface area contributed by atoms with Gasteiger partial charge in [-0.15, -0.1) is 6.42 Å². The highest BCUT2D eigenvalue weighted by Gasteiger charge is 2.38. The fourth-order valence-corrected chi connectivity index (χ4v) is 3.82. The monoisotopic (exact) mass is 316 g/mol. The molecule has 0 N–H and O–H groups in total. The van der Waals surface area contributed by atoms with Crippen LogP contribution in [0.15, 0.2) is 24.0 Å². The predicted molar refractivity (Wildman–Crippen MR) is 101 cm³/mol. The van der Waals surface area contributed by atoms with E-state index in [0.717, 1.165) is 24.7 Å². The van der Waals surface area contributed by atoms with E-state index in [4.69, 9.17) is 11.2 Å². The van der Waals surface area contributed by atoms with Gasteiger partial charge in [0.25, 0.3) is 0 Å². The van der Waals surface area contributed by atoms with Crippen LogP contribution in [0.2, 0.25) is 0 Å². The first-order valence-electron chi connectivity index (χ1n) is 9.54. The predicted octanol–water partition coefficient (Wildman–Crippen LogP) is 6.65. The largest absolute Gasteiger partial charge is 0.492 e. The molecule has 0 saturated carbocycles. The van der Waals surface area contributed by atoms with Crippen LogP contribution in [0.3, 0.4) is 0 Å². The molecule has 0 aliphatic carbocycles. The Labute approximate surface area is 144 Å². The van der Waals surface area contributed by atoms with Gasteiger partial charge in [0.2, 0.25) is 0 Å². The number of allylic oxidation sites excluding steroid dienone is 4. The molecule has 1 fully saturated rings. The number of hydrogen-bond donors (Lipinski definition) is 0. The second-order valence-electron chi connectivity index (χ2n) is 7.51. The van der Waals surface area contributed by atoms with E-state index in [0.29, 0.717) is 0 Å². The highest BCUT2D eigenvalue weighted by atomic mass is 16.5. The molecular weight excluding hydrogens is 280 g/mol. The molecule has 1 heterocycles. The van der Waals surface area contributed by atoms with Crippen molar-refractivity contribution in [1.82, 2.24) is 0 Å². The van der Waals surface area contributed by atoms with Crippen LogP contribution in [0.25, 0.3) is 0 Å². The zero-order valence-corrected chi connectivity index (χ0v) is 15.7. The van der Waals surface area contributed by atoms with Gasteiger partial charge in [0, 0.05) is 6.42 Å². The molecule has 130 valence electrons. The van der Waals surface area contributed by atoms with E-state index < -0.39 is 0 Å². The third-order valence-corrected chi connectivity index (χ3v) is 4.76. The summed E-state index contributed by atoms with van der Waals surface area (Å²) in [4.78, 5) is 0. The van der Waals surface area contributed by atoms with Crippen LogP contribution in [0, 0.1) is 24.2 Å². The highest BCUT2D eigenvalue weighted by molar-refractivity contribution is 5.12. The SMILES string of the molecule is C#C/C=C\C/C=C1\CC(CCC(C)C)CC(CCC)(CCC)O1. The van der Waals surface area contributed by atoms with E-state index in [1.54, 1.807) is 6.08 Å². The lowest BCUT2D eigenvalue weighted by molar-refractivity contribution is -0.0677. The van der Waals surface area contributed by atoms with Crippen molar-refractivity contribution in [2.75, 3.05) is 0 Å². The molecule has 1 nitrogen and oxygen atoms in total. The van der Waals surface area contributed by atoms with Crippen LogP contribution < -0.4 is 0 Å². The van der Waals surface area contributed by atoms with Crippen molar-refractivity contribution in [3.05, 3.63) is 24.0 Å². The summed E-state index contributed by atoms with van der Waals surface area (Å²) in [5.74, 6) is 5.31. The van der Waals surface area contributed by atoms with E-state index in [1.807, 2.05) is 6.08 Å². The quantitative estimate of drug-likeness (QED) is 0.433. The average Bonchev–Trinajstić information content (AvgIpc) is 2.50. The first-order valence-corrected chi connectivity index (χ1v) is 9.54. The van der Waals surface area contributed by atoms with Crippen molar-refractivity contribution in [3.63, 3.8) is 0 Å². The summed E-state index contributed by atoms with van der Waals surface area (Å²) in [6.45, 7) is 9.20. The first-order chi connectivity index (χ1) is 11.0. The van der Waals surface area contributed by atoms with E-state index in [2.05, 4.69) is 39.7 Å². The zero-order chi connectivity index (χ0) is 17.1. The van der Waals surface area contributed by atoms with E-state index in [9.17, 15) is 0 Å². The minimum Gasteiger partial charge on any atom is -0.492 e. The topological polar surface area (TPSA) is 9.23 Å². The molecule has 1 saturated heterocycles. The average molecular weight is 317 g/mol. The van der Waals surface area contributed by atoms with Crippen LogP contribution in [-0.2, 0) is 4.74 Å². The summed E-state index contributed by atoms with van der Waals surface area (Å²) >= 11 is 0. The molecule has 0 aromatic rings. The summed E-state index contributed by atoms with van der Waals surface area (Å²) in [5.41, 5.74) is 0.0745. The molecule has 0 radical (unpaired) electrons. The van der Waals surface area contributed by atoms with E-state index in [1.165, 1.54) is 50.7 Å². The maximum absolute atomic E-state index is 6.55. The van der Waals surface area contributed by atoms with Crippen molar-refractivity contribution in [2.45, 2.75) is 91.1 Å². The van der Waals surface area contributed by atoms with E-state index in [-0.39, 0.29) is 5.60 Å². The van der Waals surface area contributed by atoms with Gasteiger partial charge in [0.15, 0.2) is 0 Å². The molecule has 1 atom stereocenters. The summed E-state index contributed by atoms with van der Waals surface area (Å²) in [6.07, 6.45) is 21.9. The third-order valence-electron chi connectivity index (χ3n) is 4.76. The maximum Gasteiger partial charge on any atom is 0.109 e. The van der Waals surface area contributed by atoms with Crippen molar-refractivity contribution in [3.8, 4) is 12.3 Å². The Morgan fingerprint density at radius 3 is 2.57 bits per heavy atom. The summed E-state index contributed by atoms with van der Waals surface area (Å²) in [7, 11) is 0. The normalized spacial score (nSPS) is 22.4. The Hall–Kier alpha value is -1.16. The lowest BCUT2D eigenvalue weighted by Crippen LogP contribution is -2.39. The number of rotatable bonds is 9. The Morgan fingerprint density at radius 2 is 2.00 bits per heavy atom. The fraction of sp³-hybridized carbons (Fsp3) is 0.727. The van der Waals surface area contributed by atoms with E-state index >= 15 is 0 Å². The van der Waals surface area contributed by atoms with Gasteiger partial charge >= 0.3 is 0 Å². The Balaban J connectivity index is 2.84. The smallest absolute Gasteiger partial charge is 0.109 e. The Morgan fingerprint density at radius 1 is 1.30 bits per heavy atom.